The van der Waals surface area contributed by atoms with Crippen LogP contribution in [0.25, 0.3) is 0 Å². The molecule has 2 saturated carbocycles. The molecule has 0 bridgehead atoms. The second kappa shape index (κ2) is 12.2. The van der Waals surface area contributed by atoms with E-state index in [2.05, 4.69) is 10.6 Å². The van der Waals surface area contributed by atoms with Gasteiger partial charge < -0.3 is 30.9 Å². The van der Waals surface area contributed by atoms with Gasteiger partial charge in [-0.25, -0.2) is 8.78 Å². The molecule has 10 nitrogen and oxygen atoms in total. The molecule has 1 saturated heterocycles. The van der Waals surface area contributed by atoms with E-state index < -0.39 is 70.5 Å². The minimum atomic E-state index is -2.78. The third kappa shape index (κ3) is 7.08. The number of hydrogen-bond donors (Lipinski definition) is 4. The highest BCUT2D eigenvalue weighted by Gasteiger charge is 2.53. The minimum Gasteiger partial charge on any atom is -0.497 e. The monoisotopic (exact) mass is 593 g/mol. The van der Waals surface area contributed by atoms with Crippen molar-refractivity contribution in [1.29, 1.82) is 0 Å². The van der Waals surface area contributed by atoms with E-state index in [0.29, 0.717) is 24.2 Å². The number of Topliss-reactive ketones (excluding diaryl/α,β-unsaturated/α-hetero) is 1. The molecule has 4 rings (SSSR count). The van der Waals surface area contributed by atoms with E-state index in [-0.39, 0.29) is 45.1 Å². The first-order valence-electron chi connectivity index (χ1n) is 14.5. The number of aliphatic hydroxyl groups is 1. The number of carbonyl (C=O) groups is 4. The number of rotatable bonds is 13. The molecule has 2 aliphatic carbocycles. The first-order valence-corrected chi connectivity index (χ1v) is 14.5. The van der Waals surface area contributed by atoms with Gasteiger partial charge in [0.1, 0.15) is 17.4 Å². The fraction of sp³-hybridized carbons (Fsp3) is 0.667. The largest absolute Gasteiger partial charge is 0.497 e. The van der Waals surface area contributed by atoms with Crippen LogP contribution in [-0.2, 0) is 30.3 Å². The van der Waals surface area contributed by atoms with Crippen LogP contribution in [0.5, 0.6) is 5.75 Å². The predicted molar refractivity (Wildman–Crippen MR) is 147 cm³/mol. The van der Waals surface area contributed by atoms with Crippen molar-refractivity contribution in [3.63, 3.8) is 0 Å². The molecular weight excluding hydrogens is 552 g/mol. The Labute approximate surface area is 244 Å². The fourth-order valence-corrected chi connectivity index (χ4v) is 6.17. The van der Waals surface area contributed by atoms with Crippen LogP contribution in [-0.4, -0.2) is 72.0 Å². The molecular formula is C30H41F2N3O7. The molecule has 232 valence electrons. The number of benzene rings is 1. The number of aliphatic hydroxyl groups excluding tert-OH is 1. The molecule has 3 aliphatic rings. The van der Waals surface area contributed by atoms with Crippen molar-refractivity contribution in [2.24, 2.45) is 23.0 Å². The van der Waals surface area contributed by atoms with Crippen molar-refractivity contribution >= 4 is 23.5 Å². The van der Waals surface area contributed by atoms with Gasteiger partial charge in [0.25, 0.3) is 0 Å². The molecule has 5 N–H and O–H groups in total. The molecule has 1 aromatic carbocycles. The molecule has 4 atom stereocenters. The molecule has 12 heteroatoms. The standard InChI is InChI=1S/C30H41F2N3O7/c1-17(29(27(33)40)10-8-20(36)9-11-29)25(38)35-23(12-18-4-6-21(41-3)7-5-18)26(39)34-22(24(37)28(2)16-42-28)13-19-14-30(31,32)15-19/h4-7,17,19-20,22-23,36H,8-16H2,1-3H3,(H2,33,40)(H,34,39)(H,35,38)/t17-,20?,22-,23-,28+,29?/m0/s1. The number of epoxide rings is 1. The van der Waals surface area contributed by atoms with E-state index in [1.54, 1.807) is 38.1 Å². The third-order valence-corrected chi connectivity index (χ3v) is 9.27. The van der Waals surface area contributed by atoms with Crippen LogP contribution in [0.15, 0.2) is 24.3 Å². The van der Waals surface area contributed by atoms with E-state index in [9.17, 15) is 33.1 Å². The van der Waals surface area contributed by atoms with Gasteiger partial charge in [-0.05, 0) is 62.6 Å². The van der Waals surface area contributed by atoms with Crippen LogP contribution < -0.4 is 21.1 Å². The number of carbonyl (C=O) groups excluding carboxylic acids is 4. The minimum absolute atomic E-state index is 0.0336. The van der Waals surface area contributed by atoms with E-state index in [0.717, 1.165) is 0 Å². The Morgan fingerprint density at radius 3 is 2.14 bits per heavy atom. The summed E-state index contributed by atoms with van der Waals surface area (Å²) in [6.07, 6.45) is -0.122. The highest BCUT2D eigenvalue weighted by molar-refractivity contribution is 5.98. The van der Waals surface area contributed by atoms with Crippen LogP contribution >= 0.6 is 0 Å². The number of hydrogen-bond acceptors (Lipinski definition) is 7. The van der Waals surface area contributed by atoms with Crippen LogP contribution in [0.3, 0.4) is 0 Å². The maximum absolute atomic E-state index is 13.7. The average molecular weight is 594 g/mol. The Morgan fingerprint density at radius 2 is 1.64 bits per heavy atom. The molecule has 42 heavy (non-hydrogen) atoms. The van der Waals surface area contributed by atoms with Crippen LogP contribution in [0.4, 0.5) is 8.78 Å². The summed E-state index contributed by atoms with van der Waals surface area (Å²) in [7, 11) is 1.52. The zero-order chi connectivity index (χ0) is 30.9. The molecule has 1 heterocycles. The fourth-order valence-electron chi connectivity index (χ4n) is 6.17. The highest BCUT2D eigenvalue weighted by atomic mass is 19.3. The summed E-state index contributed by atoms with van der Waals surface area (Å²) in [4.78, 5) is 53.1. The highest BCUT2D eigenvalue weighted by Crippen LogP contribution is 2.45. The van der Waals surface area contributed by atoms with Gasteiger partial charge in [-0.2, -0.15) is 0 Å². The molecule has 1 aliphatic heterocycles. The summed E-state index contributed by atoms with van der Waals surface area (Å²) < 4.78 is 37.6. The van der Waals surface area contributed by atoms with Crippen molar-refractivity contribution in [1.82, 2.24) is 10.6 Å². The van der Waals surface area contributed by atoms with Crippen molar-refractivity contribution in [2.45, 2.75) is 94.9 Å². The summed E-state index contributed by atoms with van der Waals surface area (Å²) in [5.74, 6) is -5.80. The van der Waals surface area contributed by atoms with Gasteiger partial charge >= 0.3 is 0 Å². The van der Waals surface area contributed by atoms with E-state index >= 15 is 0 Å². The zero-order valence-electron chi connectivity index (χ0n) is 24.3. The summed E-state index contributed by atoms with van der Waals surface area (Å²) >= 11 is 0. The Balaban J connectivity index is 1.54. The topological polar surface area (TPSA) is 160 Å². The van der Waals surface area contributed by atoms with E-state index in [4.69, 9.17) is 15.2 Å². The van der Waals surface area contributed by atoms with Gasteiger partial charge in [0.2, 0.25) is 23.6 Å². The number of halogens is 2. The van der Waals surface area contributed by atoms with Gasteiger partial charge in [-0.3, -0.25) is 19.2 Å². The number of nitrogens with one attached hydrogen (secondary N) is 2. The Bertz CT molecular complexity index is 1170. The van der Waals surface area contributed by atoms with Crippen molar-refractivity contribution in [2.75, 3.05) is 13.7 Å². The smallest absolute Gasteiger partial charge is 0.248 e. The second-order valence-corrected chi connectivity index (χ2v) is 12.4. The Morgan fingerprint density at radius 1 is 1.07 bits per heavy atom. The third-order valence-electron chi connectivity index (χ3n) is 9.27. The lowest BCUT2D eigenvalue weighted by Crippen LogP contribution is -2.57. The lowest BCUT2D eigenvalue weighted by molar-refractivity contribution is -0.144. The number of amides is 3. The first kappa shape index (κ1) is 31.8. The Hall–Kier alpha value is -3.12. The molecule has 0 spiro atoms. The van der Waals surface area contributed by atoms with Crippen LogP contribution in [0.2, 0.25) is 0 Å². The summed E-state index contributed by atoms with van der Waals surface area (Å²) in [6.45, 7) is 3.34. The lowest BCUT2D eigenvalue weighted by atomic mass is 9.65. The second-order valence-electron chi connectivity index (χ2n) is 12.4. The van der Waals surface area contributed by atoms with Crippen LogP contribution in [0, 0.1) is 17.3 Å². The van der Waals surface area contributed by atoms with Gasteiger partial charge in [0.15, 0.2) is 5.78 Å². The number of alkyl halides is 2. The normalized spacial score (nSPS) is 28.9. The van der Waals surface area contributed by atoms with Crippen molar-refractivity contribution in [3.8, 4) is 5.75 Å². The summed E-state index contributed by atoms with van der Waals surface area (Å²) in [5.41, 5.74) is 4.18. The lowest BCUT2D eigenvalue weighted by Gasteiger charge is -2.40. The molecule has 1 aromatic rings. The Kier molecular flexibility index (Phi) is 9.27. The van der Waals surface area contributed by atoms with E-state index in [1.165, 1.54) is 7.11 Å². The summed E-state index contributed by atoms with van der Waals surface area (Å²) in [6, 6.07) is 4.66. The number of primary amides is 1. The molecule has 3 amide bonds. The number of nitrogens with two attached hydrogens (primary N) is 1. The number of ether oxygens (including phenoxy) is 2. The molecule has 0 aromatic heterocycles. The van der Waals surface area contributed by atoms with Crippen LogP contribution in [0.1, 0.15) is 64.4 Å². The quantitative estimate of drug-likeness (QED) is 0.255. The maximum Gasteiger partial charge on any atom is 0.248 e. The molecule has 3 fully saturated rings. The predicted octanol–water partition coefficient (Wildman–Crippen LogP) is 2.04. The zero-order valence-corrected chi connectivity index (χ0v) is 24.3. The summed E-state index contributed by atoms with van der Waals surface area (Å²) in [5, 5.41) is 15.5. The van der Waals surface area contributed by atoms with Gasteiger partial charge in [0.05, 0.1) is 31.3 Å². The van der Waals surface area contributed by atoms with E-state index in [1.807, 2.05) is 0 Å². The molecule has 0 radical (unpaired) electrons. The van der Waals surface area contributed by atoms with Gasteiger partial charge in [0, 0.05) is 25.2 Å². The maximum atomic E-state index is 13.7. The van der Waals surface area contributed by atoms with Crippen molar-refractivity contribution < 1.29 is 42.5 Å². The molecule has 0 unspecified atom stereocenters. The first-order chi connectivity index (χ1) is 19.7. The number of methoxy groups -OCH3 is 1. The SMILES string of the molecule is COc1ccc(C[C@H](NC(=O)[C@H](C)C2(C(N)=O)CCC(O)CC2)C(=O)N[C@@H](CC2CC(F)(F)C2)C(=O)[C@@]2(C)CO2)cc1. The van der Waals surface area contributed by atoms with Gasteiger partial charge in [-0.15, -0.1) is 0 Å². The number of ketones is 1. The van der Waals surface area contributed by atoms with Gasteiger partial charge in [-0.1, -0.05) is 19.1 Å². The van der Waals surface area contributed by atoms with Crippen molar-refractivity contribution in [3.05, 3.63) is 29.8 Å². The average Bonchev–Trinajstić information content (AvgIpc) is 3.69.